The average Bonchev–Trinajstić information content (AvgIpc) is 2.77. The number of hydrogen-bond donors (Lipinski definition) is 2. The largest absolute Gasteiger partial charge is 0.468 e. The van der Waals surface area contributed by atoms with Crippen molar-refractivity contribution >= 4 is 13.6 Å². The fourth-order valence-electron chi connectivity index (χ4n) is 1.42. The maximum absolute atomic E-state index is 11.1. The Kier molecular flexibility index (Phi) is 2.36. The van der Waals surface area contributed by atoms with Crippen molar-refractivity contribution in [3.05, 3.63) is 12.7 Å². The van der Waals surface area contributed by atoms with Crippen molar-refractivity contribution in [2.75, 3.05) is 7.11 Å². The SMILES string of the molecule is C=C[C@@H]1C[C@@]1(C(=O)OC)P(=O)(O)O. The van der Waals surface area contributed by atoms with Crippen LogP contribution in [0.4, 0.5) is 0 Å². The van der Waals surface area contributed by atoms with Gasteiger partial charge >= 0.3 is 13.6 Å². The minimum absolute atomic E-state index is 0.119. The Morgan fingerprint density at radius 3 is 2.54 bits per heavy atom. The Morgan fingerprint density at radius 1 is 1.77 bits per heavy atom. The number of allylic oxidation sites excluding steroid dienone is 1. The van der Waals surface area contributed by atoms with Crippen molar-refractivity contribution in [3.63, 3.8) is 0 Å². The second-order valence-electron chi connectivity index (χ2n) is 3.01. The predicted octanol–water partition coefficient (Wildman–Crippen LogP) is 0.282. The molecule has 0 aromatic rings. The first-order chi connectivity index (χ1) is 5.90. The molecule has 0 aromatic heterocycles. The summed E-state index contributed by atoms with van der Waals surface area (Å²) in [5.74, 6) is -1.33. The monoisotopic (exact) mass is 206 g/mol. The summed E-state index contributed by atoms with van der Waals surface area (Å²) < 4.78 is 15.4. The normalized spacial score (nSPS) is 32.4. The summed E-state index contributed by atoms with van der Waals surface area (Å²) in [6.07, 6.45) is 1.49. The van der Waals surface area contributed by atoms with E-state index in [4.69, 9.17) is 9.79 Å². The van der Waals surface area contributed by atoms with Crippen LogP contribution in [0, 0.1) is 5.92 Å². The van der Waals surface area contributed by atoms with E-state index in [2.05, 4.69) is 11.3 Å². The van der Waals surface area contributed by atoms with E-state index in [9.17, 15) is 9.36 Å². The Labute approximate surface area is 75.6 Å². The third kappa shape index (κ3) is 1.33. The molecule has 13 heavy (non-hydrogen) atoms. The van der Waals surface area contributed by atoms with Gasteiger partial charge in [0.2, 0.25) is 0 Å². The molecule has 0 saturated heterocycles. The lowest BCUT2D eigenvalue weighted by Crippen LogP contribution is -2.26. The van der Waals surface area contributed by atoms with Gasteiger partial charge in [-0.25, -0.2) is 0 Å². The topological polar surface area (TPSA) is 83.8 Å². The molecular formula is C7H11O5P. The fourth-order valence-corrected chi connectivity index (χ4v) is 2.72. The Balaban J connectivity index is 3.01. The van der Waals surface area contributed by atoms with Crippen LogP contribution in [-0.2, 0) is 14.1 Å². The first kappa shape index (κ1) is 10.4. The molecule has 1 rings (SSSR count). The molecular weight excluding hydrogens is 195 g/mol. The molecule has 0 spiro atoms. The number of ether oxygens (including phenoxy) is 1. The van der Waals surface area contributed by atoms with Crippen LogP contribution in [-0.4, -0.2) is 28.0 Å². The molecule has 0 radical (unpaired) electrons. The fraction of sp³-hybridized carbons (Fsp3) is 0.571. The van der Waals surface area contributed by atoms with Gasteiger partial charge in [-0.05, 0) is 6.42 Å². The summed E-state index contributed by atoms with van der Waals surface area (Å²) >= 11 is 0. The van der Waals surface area contributed by atoms with Crippen molar-refractivity contribution in [1.29, 1.82) is 0 Å². The highest BCUT2D eigenvalue weighted by molar-refractivity contribution is 7.55. The molecule has 0 heterocycles. The third-order valence-corrected chi connectivity index (χ3v) is 4.06. The standard InChI is InChI=1S/C7H11O5P/c1-3-5-4-7(5,6(8)12-2)13(9,10)11/h3,5H,1,4H2,2H3,(H2,9,10,11)/t5-,7-/m1/s1. The van der Waals surface area contributed by atoms with Crippen LogP contribution in [0.15, 0.2) is 12.7 Å². The first-order valence-corrected chi connectivity index (χ1v) is 5.28. The van der Waals surface area contributed by atoms with Gasteiger partial charge in [0, 0.05) is 5.92 Å². The van der Waals surface area contributed by atoms with Crippen molar-refractivity contribution in [1.82, 2.24) is 0 Å². The van der Waals surface area contributed by atoms with Crippen LogP contribution in [0.2, 0.25) is 0 Å². The lowest BCUT2D eigenvalue weighted by Gasteiger charge is -2.15. The maximum Gasteiger partial charge on any atom is 0.343 e. The van der Waals surface area contributed by atoms with Gasteiger partial charge < -0.3 is 14.5 Å². The lowest BCUT2D eigenvalue weighted by atomic mass is 10.3. The zero-order valence-corrected chi connectivity index (χ0v) is 8.03. The minimum atomic E-state index is -4.45. The van der Waals surface area contributed by atoms with Gasteiger partial charge in [0.15, 0.2) is 5.16 Å². The quantitative estimate of drug-likeness (QED) is 0.393. The van der Waals surface area contributed by atoms with Crippen LogP contribution in [0.3, 0.4) is 0 Å². The van der Waals surface area contributed by atoms with Gasteiger partial charge in [-0.3, -0.25) is 9.36 Å². The van der Waals surface area contributed by atoms with E-state index in [-0.39, 0.29) is 6.42 Å². The van der Waals surface area contributed by atoms with Crippen LogP contribution >= 0.6 is 7.60 Å². The molecule has 5 nitrogen and oxygen atoms in total. The van der Waals surface area contributed by atoms with E-state index < -0.39 is 24.6 Å². The highest BCUT2D eigenvalue weighted by Gasteiger charge is 2.71. The summed E-state index contributed by atoms with van der Waals surface area (Å²) in [7, 11) is -3.34. The second-order valence-corrected chi connectivity index (χ2v) is 4.89. The molecule has 2 atom stereocenters. The highest BCUT2D eigenvalue weighted by Crippen LogP contribution is 2.69. The number of esters is 1. The second kappa shape index (κ2) is 2.94. The van der Waals surface area contributed by atoms with Crippen molar-refractivity contribution in [2.24, 2.45) is 5.92 Å². The van der Waals surface area contributed by atoms with E-state index in [1.54, 1.807) is 0 Å². The smallest absolute Gasteiger partial charge is 0.343 e. The highest BCUT2D eigenvalue weighted by atomic mass is 31.2. The number of carbonyl (C=O) groups is 1. The number of carbonyl (C=O) groups excluding carboxylic acids is 1. The Hall–Kier alpha value is -0.640. The Morgan fingerprint density at radius 2 is 2.31 bits per heavy atom. The van der Waals surface area contributed by atoms with E-state index in [0.29, 0.717) is 0 Å². The first-order valence-electron chi connectivity index (χ1n) is 3.66. The summed E-state index contributed by atoms with van der Waals surface area (Å²) in [5.41, 5.74) is 0. The van der Waals surface area contributed by atoms with Gasteiger partial charge in [0.05, 0.1) is 7.11 Å². The maximum atomic E-state index is 11.1. The zero-order chi connectivity index (χ0) is 10.3. The molecule has 74 valence electrons. The van der Waals surface area contributed by atoms with Crippen molar-refractivity contribution in [2.45, 2.75) is 11.6 Å². The molecule has 0 unspecified atom stereocenters. The number of hydrogen-bond acceptors (Lipinski definition) is 3. The molecule has 2 N–H and O–H groups in total. The zero-order valence-electron chi connectivity index (χ0n) is 7.14. The molecule has 6 heteroatoms. The van der Waals surface area contributed by atoms with Crippen LogP contribution < -0.4 is 0 Å². The van der Waals surface area contributed by atoms with Crippen molar-refractivity contribution < 1.29 is 23.9 Å². The molecule has 0 aromatic carbocycles. The van der Waals surface area contributed by atoms with E-state index >= 15 is 0 Å². The van der Waals surface area contributed by atoms with Gasteiger partial charge in [0.1, 0.15) is 0 Å². The molecule has 0 aliphatic heterocycles. The van der Waals surface area contributed by atoms with Gasteiger partial charge in [0.25, 0.3) is 0 Å². The lowest BCUT2D eigenvalue weighted by molar-refractivity contribution is -0.141. The van der Waals surface area contributed by atoms with E-state index in [1.807, 2.05) is 0 Å². The minimum Gasteiger partial charge on any atom is -0.468 e. The summed E-state index contributed by atoms with van der Waals surface area (Å²) in [5, 5.41) is -1.65. The van der Waals surface area contributed by atoms with E-state index in [0.717, 1.165) is 7.11 Å². The molecule has 1 aliphatic rings. The summed E-state index contributed by atoms with van der Waals surface area (Å²) in [6, 6.07) is 0. The summed E-state index contributed by atoms with van der Waals surface area (Å²) in [6.45, 7) is 3.40. The number of rotatable bonds is 3. The number of methoxy groups -OCH3 is 1. The van der Waals surface area contributed by atoms with Crippen LogP contribution in [0.25, 0.3) is 0 Å². The van der Waals surface area contributed by atoms with Crippen molar-refractivity contribution in [3.8, 4) is 0 Å². The Bertz CT molecular complexity index is 293. The average molecular weight is 206 g/mol. The third-order valence-electron chi connectivity index (χ3n) is 2.33. The predicted molar refractivity (Wildman–Crippen MR) is 45.1 cm³/mol. The summed E-state index contributed by atoms with van der Waals surface area (Å²) in [4.78, 5) is 29.1. The molecule has 0 bridgehead atoms. The molecule has 1 fully saturated rings. The molecule has 0 amide bonds. The van der Waals surface area contributed by atoms with E-state index in [1.165, 1.54) is 6.08 Å². The van der Waals surface area contributed by atoms with Gasteiger partial charge in [-0.15, -0.1) is 6.58 Å². The molecule has 1 saturated carbocycles. The van der Waals surface area contributed by atoms with Crippen LogP contribution in [0.5, 0.6) is 0 Å². The van der Waals surface area contributed by atoms with Gasteiger partial charge in [-0.1, -0.05) is 6.08 Å². The van der Waals surface area contributed by atoms with Gasteiger partial charge in [-0.2, -0.15) is 0 Å². The molecule has 1 aliphatic carbocycles. The van der Waals surface area contributed by atoms with Crippen LogP contribution in [0.1, 0.15) is 6.42 Å².